The van der Waals surface area contributed by atoms with Crippen LogP contribution in [0.15, 0.2) is 61.1 Å². The highest BCUT2D eigenvalue weighted by molar-refractivity contribution is 5.99. The number of anilines is 2. The third kappa shape index (κ3) is 6.66. The summed E-state index contributed by atoms with van der Waals surface area (Å²) in [4.78, 5) is 16.0. The Labute approximate surface area is 171 Å². The van der Waals surface area contributed by atoms with Gasteiger partial charge in [-0.25, -0.2) is 9.78 Å². The van der Waals surface area contributed by atoms with Gasteiger partial charge in [-0.15, -0.1) is 13.2 Å². The van der Waals surface area contributed by atoms with E-state index in [-0.39, 0.29) is 18.1 Å². The van der Waals surface area contributed by atoms with E-state index in [1.54, 1.807) is 4.57 Å². The first-order chi connectivity index (χ1) is 14.5. The Morgan fingerprint density at radius 1 is 0.935 bits per heavy atom. The number of benzene rings is 2. The highest BCUT2D eigenvalue weighted by Crippen LogP contribution is 2.29. The normalized spacial score (nSPS) is 11.8. The van der Waals surface area contributed by atoms with Gasteiger partial charge in [0.2, 0.25) is 0 Å². The quantitative estimate of drug-likeness (QED) is 0.512. The fraction of sp³-hybridized carbons (Fsp3) is 0.158. The van der Waals surface area contributed by atoms with E-state index in [0.717, 1.165) is 24.3 Å². The Morgan fingerprint density at radius 3 is 2.16 bits per heavy atom. The fourth-order valence-electron chi connectivity index (χ4n) is 2.54. The summed E-state index contributed by atoms with van der Waals surface area (Å²) < 4.78 is 79.5. The lowest BCUT2D eigenvalue weighted by molar-refractivity contribution is -0.274. The first-order valence-corrected chi connectivity index (χ1v) is 8.60. The molecular formula is C19H14F6N4O2. The van der Waals surface area contributed by atoms with Crippen molar-refractivity contribution in [1.82, 2.24) is 9.55 Å². The molecule has 0 atom stereocenters. The van der Waals surface area contributed by atoms with Crippen LogP contribution in [0.5, 0.6) is 5.75 Å². The number of carbonyl (C=O) groups is 1. The molecule has 0 fully saturated rings. The molecule has 0 aliphatic rings. The van der Waals surface area contributed by atoms with Gasteiger partial charge in [0.15, 0.2) is 5.82 Å². The lowest BCUT2D eigenvalue weighted by Crippen LogP contribution is -2.20. The number of urea groups is 1. The number of carbonyl (C=O) groups excluding carboxylic acids is 1. The van der Waals surface area contributed by atoms with Crippen LogP contribution in [0.25, 0.3) is 0 Å². The second kappa shape index (κ2) is 8.58. The van der Waals surface area contributed by atoms with Crippen molar-refractivity contribution in [3.8, 4) is 5.75 Å². The minimum Gasteiger partial charge on any atom is -0.406 e. The molecule has 0 saturated carbocycles. The molecule has 6 nitrogen and oxygen atoms in total. The average Bonchev–Trinajstić information content (AvgIpc) is 3.08. The standard InChI is InChI=1S/C19H14F6N4O2/c20-18(21,22)13-3-1-12(2-4-13)9-29-10-16(26-11-29)28-17(30)27-14-5-7-15(8-6-14)31-19(23,24)25/h1-8,10-11H,9H2,(H2,27,28,30). The third-order valence-electron chi connectivity index (χ3n) is 3.87. The Kier molecular flexibility index (Phi) is 6.09. The van der Waals surface area contributed by atoms with Crippen molar-refractivity contribution in [3.63, 3.8) is 0 Å². The fourth-order valence-corrected chi connectivity index (χ4v) is 2.54. The van der Waals surface area contributed by atoms with Crippen molar-refractivity contribution in [2.45, 2.75) is 19.1 Å². The van der Waals surface area contributed by atoms with Crippen molar-refractivity contribution in [1.29, 1.82) is 0 Å². The van der Waals surface area contributed by atoms with Crippen molar-refractivity contribution < 1.29 is 35.9 Å². The summed E-state index contributed by atoms with van der Waals surface area (Å²) in [6.07, 6.45) is -6.37. The zero-order chi connectivity index (χ0) is 22.6. The van der Waals surface area contributed by atoms with Crippen LogP contribution >= 0.6 is 0 Å². The summed E-state index contributed by atoms with van der Waals surface area (Å²) in [5.41, 5.74) is 0.0673. The van der Waals surface area contributed by atoms with Crippen molar-refractivity contribution in [2.75, 3.05) is 10.6 Å². The van der Waals surface area contributed by atoms with E-state index in [2.05, 4.69) is 20.4 Å². The van der Waals surface area contributed by atoms with Crippen LogP contribution in [0.2, 0.25) is 0 Å². The number of hydrogen-bond donors (Lipinski definition) is 2. The van der Waals surface area contributed by atoms with Crippen LogP contribution in [0.4, 0.5) is 42.6 Å². The molecule has 2 amide bonds. The maximum atomic E-state index is 12.6. The van der Waals surface area contributed by atoms with E-state index in [0.29, 0.717) is 5.56 Å². The summed E-state index contributed by atoms with van der Waals surface area (Å²) in [6, 6.07) is 8.48. The van der Waals surface area contributed by atoms with Gasteiger partial charge < -0.3 is 14.6 Å². The van der Waals surface area contributed by atoms with E-state index < -0.39 is 29.9 Å². The molecule has 0 radical (unpaired) electrons. The van der Waals surface area contributed by atoms with Gasteiger partial charge in [0.05, 0.1) is 11.9 Å². The zero-order valence-electron chi connectivity index (χ0n) is 15.5. The van der Waals surface area contributed by atoms with Crippen molar-refractivity contribution in [3.05, 3.63) is 72.2 Å². The predicted octanol–water partition coefficient (Wildman–Crippen LogP) is 5.49. The number of nitrogens with zero attached hydrogens (tertiary/aromatic N) is 2. The summed E-state index contributed by atoms with van der Waals surface area (Å²) in [7, 11) is 0. The van der Waals surface area contributed by atoms with Crippen molar-refractivity contribution >= 4 is 17.5 Å². The number of aromatic nitrogens is 2. The van der Waals surface area contributed by atoms with Gasteiger partial charge in [0.25, 0.3) is 0 Å². The molecule has 3 aromatic rings. The number of ether oxygens (including phenoxy) is 1. The third-order valence-corrected chi connectivity index (χ3v) is 3.87. The lowest BCUT2D eigenvalue weighted by atomic mass is 10.1. The molecule has 2 N–H and O–H groups in total. The first kappa shape index (κ1) is 22.0. The Bertz CT molecular complexity index is 1030. The van der Waals surface area contributed by atoms with Gasteiger partial charge in [-0.2, -0.15) is 13.2 Å². The van der Waals surface area contributed by atoms with Crippen molar-refractivity contribution in [2.24, 2.45) is 0 Å². The maximum absolute atomic E-state index is 12.6. The molecule has 0 bridgehead atoms. The number of nitrogens with one attached hydrogen (secondary N) is 2. The number of halogens is 6. The molecule has 3 rings (SSSR count). The largest absolute Gasteiger partial charge is 0.573 e. The summed E-state index contributed by atoms with van der Waals surface area (Å²) in [5, 5.41) is 4.85. The topological polar surface area (TPSA) is 68.2 Å². The summed E-state index contributed by atoms with van der Waals surface area (Å²) in [6.45, 7) is 0.231. The molecule has 31 heavy (non-hydrogen) atoms. The molecule has 164 valence electrons. The minimum absolute atomic E-state index is 0.168. The van der Waals surface area contributed by atoms with Crippen LogP contribution in [0.1, 0.15) is 11.1 Å². The molecule has 0 aliphatic heterocycles. The molecule has 0 saturated heterocycles. The van der Waals surface area contributed by atoms with Gasteiger partial charge in [-0.1, -0.05) is 12.1 Å². The van der Waals surface area contributed by atoms with Gasteiger partial charge in [-0.05, 0) is 42.0 Å². The van der Waals surface area contributed by atoms with E-state index in [4.69, 9.17) is 0 Å². The SMILES string of the molecule is O=C(Nc1ccc(OC(F)(F)F)cc1)Nc1cn(Cc2ccc(C(F)(F)F)cc2)cn1. The number of alkyl halides is 6. The lowest BCUT2D eigenvalue weighted by Gasteiger charge is -2.10. The Hall–Kier alpha value is -3.70. The van der Waals surface area contributed by atoms with Gasteiger partial charge >= 0.3 is 18.6 Å². The van der Waals surface area contributed by atoms with Gasteiger partial charge in [-0.3, -0.25) is 5.32 Å². The van der Waals surface area contributed by atoms with Crippen LogP contribution in [-0.2, 0) is 12.7 Å². The average molecular weight is 444 g/mol. The Morgan fingerprint density at radius 2 is 1.58 bits per heavy atom. The molecule has 0 spiro atoms. The van der Waals surface area contributed by atoms with Crippen LogP contribution in [-0.4, -0.2) is 21.9 Å². The second-order valence-electron chi connectivity index (χ2n) is 6.28. The van der Waals surface area contributed by atoms with E-state index >= 15 is 0 Å². The number of amides is 2. The van der Waals surface area contributed by atoms with E-state index in [1.807, 2.05) is 0 Å². The van der Waals surface area contributed by atoms with Crippen LogP contribution in [0.3, 0.4) is 0 Å². The second-order valence-corrected chi connectivity index (χ2v) is 6.28. The number of imidazole rings is 1. The van der Waals surface area contributed by atoms with Crippen LogP contribution in [0, 0.1) is 0 Å². The molecule has 2 aromatic carbocycles. The Balaban J connectivity index is 1.54. The maximum Gasteiger partial charge on any atom is 0.573 e. The molecule has 12 heteroatoms. The van der Waals surface area contributed by atoms with Gasteiger partial charge in [0.1, 0.15) is 5.75 Å². The molecule has 1 heterocycles. The molecule has 1 aromatic heterocycles. The van der Waals surface area contributed by atoms with Crippen LogP contribution < -0.4 is 15.4 Å². The zero-order valence-corrected chi connectivity index (χ0v) is 15.5. The number of hydrogen-bond acceptors (Lipinski definition) is 3. The molecular weight excluding hydrogens is 430 g/mol. The summed E-state index contributed by atoms with van der Waals surface area (Å²) >= 11 is 0. The predicted molar refractivity (Wildman–Crippen MR) is 98.5 cm³/mol. The monoisotopic (exact) mass is 444 g/mol. The highest BCUT2D eigenvalue weighted by Gasteiger charge is 2.31. The highest BCUT2D eigenvalue weighted by atomic mass is 19.4. The summed E-state index contributed by atoms with van der Waals surface area (Å²) in [5.74, 6) is -0.262. The molecule has 0 aliphatic carbocycles. The van der Waals surface area contributed by atoms with E-state index in [1.165, 1.54) is 36.8 Å². The first-order valence-electron chi connectivity index (χ1n) is 8.60. The minimum atomic E-state index is -4.81. The number of rotatable bonds is 5. The smallest absolute Gasteiger partial charge is 0.406 e. The van der Waals surface area contributed by atoms with Gasteiger partial charge in [0, 0.05) is 18.4 Å². The molecule has 0 unspecified atom stereocenters. The van der Waals surface area contributed by atoms with E-state index in [9.17, 15) is 31.1 Å².